The van der Waals surface area contributed by atoms with Gasteiger partial charge in [0.1, 0.15) is 0 Å². The molecule has 1 N–H and O–H groups in total. The standard InChI is InChI=1S/C21H24ClN3O2S/c1-15(2)27-13-17(26)14-28-21-24-23-20(18-10-6-7-11-19(18)22)25(21)12-16-8-4-3-5-9-16/h3-11,15,17,26H,12-14H2,1-2H3. The molecule has 3 rings (SSSR count). The molecule has 0 spiro atoms. The molecule has 1 heterocycles. The minimum Gasteiger partial charge on any atom is -0.390 e. The van der Waals surface area contributed by atoms with Gasteiger partial charge in [-0.15, -0.1) is 10.2 Å². The van der Waals surface area contributed by atoms with Gasteiger partial charge in [0.15, 0.2) is 11.0 Å². The van der Waals surface area contributed by atoms with Crippen molar-refractivity contribution >= 4 is 23.4 Å². The molecule has 0 saturated heterocycles. The zero-order valence-electron chi connectivity index (χ0n) is 16.0. The van der Waals surface area contributed by atoms with E-state index in [1.54, 1.807) is 0 Å². The van der Waals surface area contributed by atoms with Crippen molar-refractivity contribution in [1.82, 2.24) is 14.8 Å². The highest BCUT2D eigenvalue weighted by molar-refractivity contribution is 7.99. The van der Waals surface area contributed by atoms with Crippen LogP contribution in [0.15, 0.2) is 59.8 Å². The molecule has 1 aromatic heterocycles. The van der Waals surface area contributed by atoms with Gasteiger partial charge >= 0.3 is 0 Å². The summed E-state index contributed by atoms with van der Waals surface area (Å²) in [7, 11) is 0. The Kier molecular flexibility index (Phi) is 7.50. The van der Waals surface area contributed by atoms with Gasteiger partial charge in [-0.1, -0.05) is 65.8 Å². The van der Waals surface area contributed by atoms with Crippen molar-refractivity contribution in [3.8, 4) is 11.4 Å². The first-order valence-corrected chi connectivity index (χ1v) is 10.6. The molecule has 0 bridgehead atoms. The van der Waals surface area contributed by atoms with Gasteiger partial charge in [-0.25, -0.2) is 0 Å². The first-order valence-electron chi connectivity index (χ1n) is 9.19. The summed E-state index contributed by atoms with van der Waals surface area (Å²) in [5, 5.41) is 20.3. The van der Waals surface area contributed by atoms with Gasteiger partial charge in [0, 0.05) is 11.3 Å². The molecule has 7 heteroatoms. The van der Waals surface area contributed by atoms with E-state index in [0.29, 0.717) is 29.8 Å². The third-order valence-corrected chi connectivity index (χ3v) is 5.48. The summed E-state index contributed by atoms with van der Waals surface area (Å²) < 4.78 is 7.52. The van der Waals surface area contributed by atoms with E-state index in [4.69, 9.17) is 16.3 Å². The van der Waals surface area contributed by atoms with E-state index >= 15 is 0 Å². The van der Waals surface area contributed by atoms with Crippen LogP contribution >= 0.6 is 23.4 Å². The molecule has 0 aliphatic carbocycles. The van der Waals surface area contributed by atoms with Crippen LogP contribution in [0.5, 0.6) is 0 Å². The second-order valence-electron chi connectivity index (χ2n) is 6.70. The predicted molar refractivity (Wildman–Crippen MR) is 114 cm³/mol. The fourth-order valence-electron chi connectivity index (χ4n) is 2.67. The maximum Gasteiger partial charge on any atom is 0.191 e. The van der Waals surface area contributed by atoms with E-state index in [1.165, 1.54) is 11.8 Å². The van der Waals surface area contributed by atoms with Crippen molar-refractivity contribution in [1.29, 1.82) is 0 Å². The number of hydrogen-bond acceptors (Lipinski definition) is 5. The topological polar surface area (TPSA) is 60.2 Å². The number of halogens is 1. The quantitative estimate of drug-likeness (QED) is 0.518. The summed E-state index contributed by atoms with van der Waals surface area (Å²) in [5.74, 6) is 1.19. The van der Waals surface area contributed by atoms with Gasteiger partial charge in [0.05, 0.1) is 30.4 Å². The number of ether oxygens (including phenoxy) is 1. The van der Waals surface area contributed by atoms with Gasteiger partial charge in [-0.05, 0) is 31.5 Å². The SMILES string of the molecule is CC(C)OCC(O)CSc1nnc(-c2ccccc2Cl)n1Cc1ccccc1. The van der Waals surface area contributed by atoms with Gasteiger partial charge in [-0.3, -0.25) is 4.57 Å². The Hall–Kier alpha value is -1.86. The van der Waals surface area contributed by atoms with Crippen molar-refractivity contribution in [3.05, 3.63) is 65.2 Å². The van der Waals surface area contributed by atoms with Gasteiger partial charge in [0.2, 0.25) is 0 Å². The fraction of sp³-hybridized carbons (Fsp3) is 0.333. The van der Waals surface area contributed by atoms with Crippen molar-refractivity contribution in [2.24, 2.45) is 0 Å². The smallest absolute Gasteiger partial charge is 0.191 e. The molecule has 0 aliphatic rings. The van der Waals surface area contributed by atoms with Crippen LogP contribution in [0.4, 0.5) is 0 Å². The summed E-state index contributed by atoms with van der Waals surface area (Å²) >= 11 is 7.86. The second kappa shape index (κ2) is 10.1. The van der Waals surface area contributed by atoms with Crippen LogP contribution in [0.2, 0.25) is 5.02 Å². The summed E-state index contributed by atoms with van der Waals surface area (Å²) in [6.45, 7) is 4.82. The summed E-state index contributed by atoms with van der Waals surface area (Å²) in [6.07, 6.45) is -0.480. The Morgan fingerprint density at radius 3 is 2.50 bits per heavy atom. The predicted octanol–water partition coefficient (Wildman–Crippen LogP) is 4.52. The molecular formula is C21H24ClN3O2S. The molecule has 1 atom stereocenters. The number of hydrogen-bond donors (Lipinski definition) is 1. The molecule has 3 aromatic rings. The van der Waals surface area contributed by atoms with Crippen LogP contribution in [-0.2, 0) is 11.3 Å². The number of aliphatic hydroxyl groups excluding tert-OH is 1. The maximum atomic E-state index is 10.2. The molecule has 2 aromatic carbocycles. The minimum atomic E-state index is -0.571. The van der Waals surface area contributed by atoms with Gasteiger partial charge < -0.3 is 9.84 Å². The van der Waals surface area contributed by atoms with E-state index in [2.05, 4.69) is 22.3 Å². The lowest BCUT2D eigenvalue weighted by Gasteiger charge is -2.14. The lowest BCUT2D eigenvalue weighted by Crippen LogP contribution is -2.21. The fourth-order valence-corrected chi connectivity index (χ4v) is 3.73. The molecular weight excluding hydrogens is 394 g/mol. The Balaban J connectivity index is 1.84. The highest BCUT2D eigenvalue weighted by atomic mass is 35.5. The Labute approximate surface area is 174 Å². The molecule has 0 aliphatic heterocycles. The molecule has 5 nitrogen and oxygen atoms in total. The second-order valence-corrected chi connectivity index (χ2v) is 8.10. The molecule has 28 heavy (non-hydrogen) atoms. The van der Waals surface area contributed by atoms with E-state index in [1.807, 2.05) is 60.9 Å². The van der Waals surface area contributed by atoms with Gasteiger partial charge in [0.25, 0.3) is 0 Å². The monoisotopic (exact) mass is 417 g/mol. The maximum absolute atomic E-state index is 10.2. The van der Waals surface area contributed by atoms with E-state index in [-0.39, 0.29) is 6.10 Å². The number of nitrogens with zero attached hydrogens (tertiary/aromatic N) is 3. The van der Waals surface area contributed by atoms with Crippen molar-refractivity contribution < 1.29 is 9.84 Å². The minimum absolute atomic E-state index is 0.0909. The largest absolute Gasteiger partial charge is 0.390 e. The molecule has 0 fully saturated rings. The van der Waals surface area contributed by atoms with Crippen molar-refractivity contribution in [3.63, 3.8) is 0 Å². The normalized spacial score (nSPS) is 12.5. The first-order chi connectivity index (χ1) is 13.5. The summed E-state index contributed by atoms with van der Waals surface area (Å²) in [4.78, 5) is 0. The Bertz CT molecular complexity index is 886. The third-order valence-electron chi connectivity index (χ3n) is 4.04. The van der Waals surface area contributed by atoms with E-state index in [0.717, 1.165) is 16.3 Å². The van der Waals surface area contributed by atoms with Gasteiger partial charge in [-0.2, -0.15) is 0 Å². The highest BCUT2D eigenvalue weighted by Crippen LogP contribution is 2.30. The average molecular weight is 418 g/mol. The number of rotatable bonds is 9. The summed E-state index contributed by atoms with van der Waals surface area (Å²) in [6, 6.07) is 17.7. The average Bonchev–Trinajstić information content (AvgIpc) is 3.08. The molecule has 0 saturated carbocycles. The molecule has 148 valence electrons. The number of aromatic nitrogens is 3. The summed E-state index contributed by atoms with van der Waals surface area (Å²) in [5.41, 5.74) is 1.98. The van der Waals surface area contributed by atoms with Crippen LogP contribution in [0.25, 0.3) is 11.4 Å². The lowest BCUT2D eigenvalue weighted by atomic mass is 10.2. The zero-order chi connectivity index (χ0) is 19.9. The molecule has 1 unspecified atom stereocenters. The number of benzene rings is 2. The zero-order valence-corrected chi connectivity index (χ0v) is 17.5. The Morgan fingerprint density at radius 1 is 1.07 bits per heavy atom. The third kappa shape index (κ3) is 5.58. The molecule has 0 radical (unpaired) electrons. The van der Waals surface area contributed by atoms with Crippen LogP contribution in [0.3, 0.4) is 0 Å². The van der Waals surface area contributed by atoms with Crippen LogP contribution in [-0.4, -0.2) is 44.4 Å². The lowest BCUT2D eigenvalue weighted by molar-refractivity contribution is 0.0152. The number of aliphatic hydroxyl groups is 1. The molecule has 0 amide bonds. The van der Waals surface area contributed by atoms with E-state index < -0.39 is 6.10 Å². The van der Waals surface area contributed by atoms with Crippen molar-refractivity contribution in [2.45, 2.75) is 37.8 Å². The van der Waals surface area contributed by atoms with Crippen molar-refractivity contribution in [2.75, 3.05) is 12.4 Å². The Morgan fingerprint density at radius 2 is 1.79 bits per heavy atom. The highest BCUT2D eigenvalue weighted by Gasteiger charge is 2.18. The van der Waals surface area contributed by atoms with Crippen LogP contribution < -0.4 is 0 Å². The first kappa shape index (κ1) is 20.9. The number of thioether (sulfide) groups is 1. The van der Waals surface area contributed by atoms with Crippen LogP contribution in [0, 0.1) is 0 Å². The van der Waals surface area contributed by atoms with Crippen LogP contribution in [0.1, 0.15) is 19.4 Å². The van der Waals surface area contributed by atoms with E-state index in [9.17, 15) is 5.11 Å².